The third kappa shape index (κ3) is 2.96. The Balaban J connectivity index is 1.85. The number of benzene rings is 2. The summed E-state index contributed by atoms with van der Waals surface area (Å²) in [6.45, 7) is 7.69. The van der Waals surface area contributed by atoms with Gasteiger partial charge >= 0.3 is 0 Å². The minimum atomic E-state index is -3.78. The number of fused-ring (bicyclic) bond motifs is 1. The normalized spacial score (nSPS) is 16.6. The Labute approximate surface area is 164 Å². The van der Waals surface area contributed by atoms with Crippen LogP contribution in [0.3, 0.4) is 0 Å². The summed E-state index contributed by atoms with van der Waals surface area (Å²) in [7, 11) is -3.78. The lowest BCUT2D eigenvalue weighted by atomic mass is 10.1. The van der Waals surface area contributed by atoms with E-state index in [0.717, 1.165) is 11.3 Å². The maximum Gasteiger partial charge on any atom is 0.264 e. The molecule has 0 unspecified atom stereocenters. The summed E-state index contributed by atoms with van der Waals surface area (Å²) in [6.07, 6.45) is -0.243. The molecule has 1 aromatic heterocycles. The van der Waals surface area contributed by atoms with Gasteiger partial charge in [0.2, 0.25) is 0 Å². The molecule has 7 heteroatoms. The van der Waals surface area contributed by atoms with Crippen molar-refractivity contribution in [2.45, 2.75) is 38.7 Å². The maximum absolute atomic E-state index is 13.6. The lowest BCUT2D eigenvalue weighted by Gasteiger charge is -2.34. The van der Waals surface area contributed by atoms with Crippen molar-refractivity contribution >= 4 is 15.7 Å². The minimum absolute atomic E-state index is 0.243. The highest BCUT2D eigenvalue weighted by Crippen LogP contribution is 2.38. The summed E-state index contributed by atoms with van der Waals surface area (Å²) in [4.78, 5) is 0.252. The Bertz CT molecular complexity index is 1150. The first kappa shape index (κ1) is 18.6. The summed E-state index contributed by atoms with van der Waals surface area (Å²) in [5.41, 5.74) is 3.61. The lowest BCUT2D eigenvalue weighted by Crippen LogP contribution is -2.42. The van der Waals surface area contributed by atoms with Crippen molar-refractivity contribution in [3.05, 3.63) is 59.3 Å². The molecule has 0 saturated heterocycles. The van der Waals surface area contributed by atoms with Crippen molar-refractivity contribution in [2.75, 3.05) is 10.8 Å². The quantitative estimate of drug-likeness (QED) is 0.660. The predicted octanol–water partition coefficient (Wildman–Crippen LogP) is 4.24. The first-order valence-electron chi connectivity index (χ1n) is 9.11. The summed E-state index contributed by atoms with van der Waals surface area (Å²) < 4.78 is 39.9. The number of nitrogens with zero attached hydrogens (tertiary/aromatic N) is 2. The average Bonchev–Trinajstić information content (AvgIpc) is 3.00. The van der Waals surface area contributed by atoms with Crippen molar-refractivity contribution in [2.24, 2.45) is 0 Å². The van der Waals surface area contributed by atoms with Gasteiger partial charge in [-0.25, -0.2) is 8.42 Å². The van der Waals surface area contributed by atoms with Crippen LogP contribution in [0.4, 0.5) is 5.69 Å². The highest BCUT2D eigenvalue weighted by molar-refractivity contribution is 7.93. The number of sulfonamides is 1. The Morgan fingerprint density at radius 2 is 1.86 bits per heavy atom. The van der Waals surface area contributed by atoms with Crippen molar-refractivity contribution < 1.29 is 17.7 Å². The molecule has 1 aliphatic heterocycles. The Kier molecular flexibility index (Phi) is 4.42. The molecule has 0 fully saturated rings. The summed E-state index contributed by atoms with van der Waals surface area (Å²) in [5.74, 6) is 1.16. The third-order valence-corrected chi connectivity index (χ3v) is 6.98. The SMILES string of the molecule is Cc1ccc(-c2onc(C)c2C)cc1S(=O)(=O)N1C[C@@H](C)Oc2ccccc21. The summed E-state index contributed by atoms with van der Waals surface area (Å²) in [6, 6.07) is 12.5. The standard InChI is InChI=1S/C21H22N2O4S/c1-13-9-10-17(21-15(3)16(4)22-27-21)11-20(13)28(24,25)23-12-14(2)26-19-8-6-5-7-18(19)23/h5-11,14H,12H2,1-4H3/t14-/m1/s1. The molecule has 0 N–H and O–H groups in total. The molecule has 0 saturated carbocycles. The third-order valence-electron chi connectivity index (χ3n) is 5.06. The van der Waals surface area contributed by atoms with E-state index in [-0.39, 0.29) is 17.5 Å². The largest absolute Gasteiger partial charge is 0.487 e. The lowest BCUT2D eigenvalue weighted by molar-refractivity contribution is 0.219. The monoisotopic (exact) mass is 398 g/mol. The zero-order valence-corrected chi connectivity index (χ0v) is 17.1. The van der Waals surface area contributed by atoms with Gasteiger partial charge < -0.3 is 9.26 Å². The van der Waals surface area contributed by atoms with Gasteiger partial charge in [-0.15, -0.1) is 0 Å². The average molecular weight is 398 g/mol. The highest BCUT2D eigenvalue weighted by atomic mass is 32.2. The van der Waals surface area contributed by atoms with Crippen LogP contribution in [0.5, 0.6) is 5.75 Å². The molecule has 3 aromatic rings. The molecule has 2 heterocycles. The van der Waals surface area contributed by atoms with Crippen LogP contribution in [0.2, 0.25) is 0 Å². The molecule has 2 aromatic carbocycles. The molecule has 0 amide bonds. The number of ether oxygens (including phenoxy) is 1. The van der Waals surface area contributed by atoms with Crippen LogP contribution in [0.1, 0.15) is 23.7 Å². The molecule has 1 aliphatic rings. The van der Waals surface area contributed by atoms with Crippen LogP contribution in [0.25, 0.3) is 11.3 Å². The van der Waals surface area contributed by atoms with Crippen LogP contribution in [0.15, 0.2) is 51.9 Å². The molecule has 0 bridgehead atoms. The van der Waals surface area contributed by atoms with Gasteiger partial charge in [-0.1, -0.05) is 29.4 Å². The van der Waals surface area contributed by atoms with Gasteiger partial charge in [0.25, 0.3) is 10.0 Å². The number of hydrogen-bond acceptors (Lipinski definition) is 5. The van der Waals surface area contributed by atoms with Crippen LogP contribution >= 0.6 is 0 Å². The second-order valence-corrected chi connectivity index (χ2v) is 8.97. The first-order chi connectivity index (χ1) is 13.3. The Hall–Kier alpha value is -2.80. The zero-order valence-electron chi connectivity index (χ0n) is 16.3. The van der Waals surface area contributed by atoms with E-state index in [9.17, 15) is 8.42 Å². The van der Waals surface area contributed by atoms with Crippen molar-refractivity contribution in [3.63, 3.8) is 0 Å². The summed E-state index contributed by atoms with van der Waals surface area (Å²) in [5, 5.41) is 3.98. The fourth-order valence-electron chi connectivity index (χ4n) is 3.40. The predicted molar refractivity (Wildman–Crippen MR) is 107 cm³/mol. The molecule has 146 valence electrons. The Morgan fingerprint density at radius 1 is 1.11 bits per heavy atom. The maximum atomic E-state index is 13.6. The molecular formula is C21H22N2O4S. The highest BCUT2D eigenvalue weighted by Gasteiger charge is 2.34. The van der Waals surface area contributed by atoms with Crippen molar-refractivity contribution in [1.82, 2.24) is 5.16 Å². The number of aromatic nitrogens is 1. The van der Waals surface area contributed by atoms with E-state index in [1.165, 1.54) is 4.31 Å². The zero-order chi connectivity index (χ0) is 20.1. The topological polar surface area (TPSA) is 72.6 Å². The molecule has 6 nitrogen and oxygen atoms in total. The van der Waals surface area contributed by atoms with Crippen molar-refractivity contribution in [1.29, 1.82) is 0 Å². The van der Waals surface area contributed by atoms with E-state index in [0.29, 0.717) is 28.3 Å². The minimum Gasteiger partial charge on any atom is -0.487 e. The molecule has 28 heavy (non-hydrogen) atoms. The smallest absolute Gasteiger partial charge is 0.264 e. The van der Waals surface area contributed by atoms with Gasteiger partial charge in [0.05, 0.1) is 22.8 Å². The van der Waals surface area contributed by atoms with E-state index in [1.807, 2.05) is 39.0 Å². The van der Waals surface area contributed by atoms with Crippen molar-refractivity contribution in [3.8, 4) is 17.1 Å². The second-order valence-electron chi connectivity index (χ2n) is 7.13. The van der Waals surface area contributed by atoms with Gasteiger partial charge in [0.15, 0.2) is 5.76 Å². The van der Waals surface area contributed by atoms with Gasteiger partial charge in [-0.05, 0) is 51.5 Å². The fourth-order valence-corrected chi connectivity index (χ4v) is 5.20. The summed E-state index contributed by atoms with van der Waals surface area (Å²) >= 11 is 0. The molecule has 4 rings (SSSR count). The van der Waals surface area contributed by atoms with E-state index < -0.39 is 10.0 Å². The Morgan fingerprint density at radius 3 is 2.57 bits per heavy atom. The van der Waals surface area contributed by atoms with E-state index in [4.69, 9.17) is 9.26 Å². The van der Waals surface area contributed by atoms with E-state index in [2.05, 4.69) is 5.16 Å². The van der Waals surface area contributed by atoms with Gasteiger partial charge in [-0.2, -0.15) is 0 Å². The number of para-hydroxylation sites is 2. The molecule has 1 atom stereocenters. The van der Waals surface area contributed by atoms with Crippen LogP contribution in [0, 0.1) is 20.8 Å². The second kappa shape index (κ2) is 6.67. The molecular weight excluding hydrogens is 376 g/mol. The van der Waals surface area contributed by atoms with Gasteiger partial charge in [-0.3, -0.25) is 4.31 Å². The number of hydrogen-bond donors (Lipinski definition) is 0. The van der Waals surface area contributed by atoms with Crippen LogP contribution in [-0.4, -0.2) is 26.2 Å². The first-order valence-corrected chi connectivity index (χ1v) is 10.6. The molecule has 0 spiro atoms. The number of aryl methyl sites for hydroxylation is 2. The van der Waals surface area contributed by atoms with Gasteiger partial charge in [0, 0.05) is 11.1 Å². The van der Waals surface area contributed by atoms with E-state index >= 15 is 0 Å². The van der Waals surface area contributed by atoms with E-state index in [1.54, 1.807) is 31.2 Å². The number of anilines is 1. The van der Waals surface area contributed by atoms with Crippen LogP contribution in [-0.2, 0) is 10.0 Å². The fraction of sp³-hybridized carbons (Fsp3) is 0.286. The number of rotatable bonds is 3. The van der Waals surface area contributed by atoms with Crippen LogP contribution < -0.4 is 9.04 Å². The van der Waals surface area contributed by atoms with Gasteiger partial charge in [0.1, 0.15) is 11.9 Å². The molecule has 0 radical (unpaired) electrons. The molecule has 0 aliphatic carbocycles.